The maximum Gasteiger partial charge on any atom is 0.343 e. The average Bonchev–Trinajstić information content (AvgIpc) is 2.60. The largest absolute Gasteiger partial charge is 0.497 e. The molecule has 0 heterocycles. The van der Waals surface area contributed by atoms with Crippen molar-refractivity contribution < 1.29 is 19.0 Å². The van der Waals surface area contributed by atoms with Gasteiger partial charge in [-0.15, -0.1) is 0 Å². The molecule has 0 N–H and O–H groups in total. The number of benzene rings is 1. The summed E-state index contributed by atoms with van der Waals surface area (Å²) in [5.41, 5.74) is -0.347. The van der Waals surface area contributed by atoms with Crippen LogP contribution in [0.3, 0.4) is 0 Å². The molecule has 0 spiro atoms. The number of hydrogen-bond donors (Lipinski definition) is 0. The lowest BCUT2D eigenvalue weighted by molar-refractivity contribution is -0.180. The van der Waals surface area contributed by atoms with Gasteiger partial charge in [0.25, 0.3) is 0 Å². The van der Waals surface area contributed by atoms with Gasteiger partial charge in [0, 0.05) is 7.11 Å². The topological polar surface area (TPSA) is 44.8 Å². The summed E-state index contributed by atoms with van der Waals surface area (Å²) >= 11 is 0. The molecule has 0 saturated heterocycles. The fourth-order valence-corrected chi connectivity index (χ4v) is 3.73. The van der Waals surface area contributed by atoms with Crippen molar-refractivity contribution in [3.05, 3.63) is 29.8 Å². The van der Waals surface area contributed by atoms with Gasteiger partial charge in [-0.25, -0.2) is 4.79 Å². The molecule has 0 bridgehead atoms. The van der Waals surface area contributed by atoms with E-state index >= 15 is 0 Å². The van der Waals surface area contributed by atoms with Crippen LogP contribution < -0.4 is 4.74 Å². The van der Waals surface area contributed by atoms with Gasteiger partial charge in [-0.3, -0.25) is 0 Å². The smallest absolute Gasteiger partial charge is 0.343 e. The first kappa shape index (κ1) is 19.8. The second kappa shape index (κ2) is 8.22. The summed E-state index contributed by atoms with van der Waals surface area (Å²) in [5.74, 6) is 1.93. The highest BCUT2D eigenvalue weighted by Gasteiger charge is 2.41. The van der Waals surface area contributed by atoms with E-state index in [1.807, 2.05) is 24.3 Å². The lowest BCUT2D eigenvalue weighted by Gasteiger charge is -2.38. The van der Waals surface area contributed by atoms with Crippen LogP contribution in [-0.2, 0) is 19.9 Å². The maximum absolute atomic E-state index is 13.0. The molecule has 0 radical (unpaired) electrons. The van der Waals surface area contributed by atoms with Gasteiger partial charge in [-0.1, -0.05) is 39.3 Å². The van der Waals surface area contributed by atoms with Crippen LogP contribution in [-0.4, -0.2) is 26.3 Å². The van der Waals surface area contributed by atoms with Crippen LogP contribution >= 0.6 is 0 Å². The number of ether oxygens (including phenoxy) is 3. The second-order valence-electron chi connectivity index (χ2n) is 7.74. The van der Waals surface area contributed by atoms with Crippen molar-refractivity contribution >= 4 is 5.97 Å². The quantitative estimate of drug-likeness (QED) is 0.707. The molecule has 25 heavy (non-hydrogen) atoms. The van der Waals surface area contributed by atoms with Gasteiger partial charge in [-0.2, -0.15) is 0 Å². The fraction of sp³-hybridized carbons (Fsp3) is 0.667. The summed E-state index contributed by atoms with van der Waals surface area (Å²) in [4.78, 5) is 13.0. The second-order valence-corrected chi connectivity index (χ2v) is 7.74. The van der Waals surface area contributed by atoms with Gasteiger partial charge in [0.2, 0.25) is 0 Å². The standard InChI is InChI=1S/C21H32O4/c1-14(2)18-12-7-15(3)13-19(18)25-20(22)21(4,24-6)16-8-10-17(23-5)11-9-16/h8-11,14-15,18-19H,7,12-13H2,1-6H3/t15-,18+,19-,21+/m1/s1. The molecular weight excluding hydrogens is 316 g/mol. The van der Waals surface area contributed by atoms with Crippen molar-refractivity contribution in [3.8, 4) is 5.75 Å². The predicted molar refractivity (Wildman–Crippen MR) is 98.6 cm³/mol. The highest BCUT2D eigenvalue weighted by Crippen LogP contribution is 2.37. The number of carbonyl (C=O) groups excluding carboxylic acids is 1. The molecule has 140 valence electrons. The van der Waals surface area contributed by atoms with Crippen molar-refractivity contribution in [1.29, 1.82) is 0 Å². The van der Waals surface area contributed by atoms with Crippen molar-refractivity contribution in [2.24, 2.45) is 17.8 Å². The van der Waals surface area contributed by atoms with E-state index in [0.717, 1.165) is 24.2 Å². The SMILES string of the molecule is COc1ccc([C@](C)(OC)C(=O)O[C@@H]2C[C@H](C)CC[C@H]2C(C)C)cc1. The molecule has 0 aliphatic heterocycles. The molecule has 1 aromatic rings. The summed E-state index contributed by atoms with van der Waals surface area (Å²) in [6, 6.07) is 7.37. The molecule has 4 heteroatoms. The first-order valence-electron chi connectivity index (χ1n) is 9.22. The third-order valence-corrected chi connectivity index (χ3v) is 5.66. The van der Waals surface area contributed by atoms with Gasteiger partial charge in [0.1, 0.15) is 11.9 Å². The number of esters is 1. The monoisotopic (exact) mass is 348 g/mol. The summed E-state index contributed by atoms with van der Waals surface area (Å²) in [5, 5.41) is 0. The Hall–Kier alpha value is -1.55. The molecule has 1 aromatic carbocycles. The number of methoxy groups -OCH3 is 2. The molecule has 0 unspecified atom stereocenters. The molecule has 4 nitrogen and oxygen atoms in total. The van der Waals surface area contributed by atoms with E-state index in [1.54, 1.807) is 21.1 Å². The highest BCUT2D eigenvalue weighted by atomic mass is 16.6. The minimum absolute atomic E-state index is 0.0380. The van der Waals surface area contributed by atoms with E-state index in [4.69, 9.17) is 14.2 Å². The maximum atomic E-state index is 13.0. The molecular formula is C21H32O4. The summed E-state index contributed by atoms with van der Waals surface area (Å²) in [6.07, 6.45) is 3.21. The molecule has 1 aliphatic rings. The lowest BCUT2D eigenvalue weighted by Crippen LogP contribution is -2.43. The minimum Gasteiger partial charge on any atom is -0.497 e. The van der Waals surface area contributed by atoms with Crippen LogP contribution in [0.4, 0.5) is 0 Å². The Balaban J connectivity index is 2.19. The Kier molecular flexibility index (Phi) is 6.50. The molecule has 1 fully saturated rings. The highest BCUT2D eigenvalue weighted by molar-refractivity contribution is 5.81. The summed E-state index contributed by atoms with van der Waals surface area (Å²) < 4.78 is 16.8. The number of carbonyl (C=O) groups is 1. The van der Waals surface area contributed by atoms with E-state index in [1.165, 1.54) is 6.42 Å². The fourth-order valence-electron chi connectivity index (χ4n) is 3.73. The molecule has 1 saturated carbocycles. The Morgan fingerprint density at radius 2 is 1.80 bits per heavy atom. The van der Waals surface area contributed by atoms with Crippen LogP contribution in [0.5, 0.6) is 5.75 Å². The minimum atomic E-state index is -1.12. The first-order chi connectivity index (χ1) is 11.8. The van der Waals surface area contributed by atoms with Gasteiger partial charge in [0.15, 0.2) is 5.60 Å². The first-order valence-corrected chi connectivity index (χ1v) is 9.22. The number of rotatable bonds is 6. The van der Waals surface area contributed by atoms with Crippen LogP contribution in [0.15, 0.2) is 24.3 Å². The Labute approximate surface area is 151 Å². The Bertz CT molecular complexity index is 566. The van der Waals surface area contributed by atoms with Crippen molar-refractivity contribution in [3.63, 3.8) is 0 Å². The van der Waals surface area contributed by atoms with Gasteiger partial charge >= 0.3 is 5.97 Å². The average molecular weight is 348 g/mol. The normalized spacial score (nSPS) is 26.1. The molecule has 2 rings (SSSR count). The zero-order chi connectivity index (χ0) is 18.6. The van der Waals surface area contributed by atoms with E-state index in [-0.39, 0.29) is 12.1 Å². The van der Waals surface area contributed by atoms with Crippen LogP contribution in [0.1, 0.15) is 52.5 Å². The third-order valence-electron chi connectivity index (χ3n) is 5.66. The molecule has 4 atom stereocenters. The van der Waals surface area contributed by atoms with Crippen molar-refractivity contribution in [2.75, 3.05) is 14.2 Å². The zero-order valence-corrected chi connectivity index (χ0v) is 16.4. The van der Waals surface area contributed by atoms with E-state index in [0.29, 0.717) is 17.8 Å². The van der Waals surface area contributed by atoms with Gasteiger partial charge in [-0.05, 0) is 55.2 Å². The van der Waals surface area contributed by atoms with Crippen molar-refractivity contribution in [2.45, 2.75) is 58.7 Å². The Morgan fingerprint density at radius 1 is 1.16 bits per heavy atom. The summed E-state index contributed by atoms with van der Waals surface area (Å²) in [7, 11) is 3.17. The summed E-state index contributed by atoms with van der Waals surface area (Å²) in [6.45, 7) is 8.42. The van der Waals surface area contributed by atoms with Gasteiger partial charge in [0.05, 0.1) is 7.11 Å². The van der Waals surface area contributed by atoms with E-state index in [9.17, 15) is 4.79 Å². The Morgan fingerprint density at radius 3 is 2.32 bits per heavy atom. The number of hydrogen-bond acceptors (Lipinski definition) is 4. The van der Waals surface area contributed by atoms with Crippen LogP contribution in [0.2, 0.25) is 0 Å². The van der Waals surface area contributed by atoms with Crippen LogP contribution in [0.25, 0.3) is 0 Å². The predicted octanol–water partition coefficient (Wildman–Crippen LogP) is 4.56. The van der Waals surface area contributed by atoms with E-state index in [2.05, 4.69) is 20.8 Å². The third kappa shape index (κ3) is 4.35. The zero-order valence-electron chi connectivity index (χ0n) is 16.4. The molecule has 0 aromatic heterocycles. The van der Waals surface area contributed by atoms with Crippen LogP contribution in [0, 0.1) is 17.8 Å². The molecule has 1 aliphatic carbocycles. The molecule has 0 amide bonds. The van der Waals surface area contributed by atoms with E-state index < -0.39 is 5.60 Å². The lowest BCUT2D eigenvalue weighted by atomic mass is 9.75. The van der Waals surface area contributed by atoms with Gasteiger partial charge < -0.3 is 14.2 Å². The van der Waals surface area contributed by atoms with Crippen molar-refractivity contribution in [1.82, 2.24) is 0 Å².